The number of aromatic nitrogens is 2. The number of alkyl halides is 2. The Labute approximate surface area is 124 Å². The Morgan fingerprint density at radius 1 is 1.41 bits per heavy atom. The van der Waals surface area contributed by atoms with Crippen LogP contribution in [0.25, 0.3) is 6.08 Å². The normalized spacial score (nSPS) is 11.7. The molecule has 0 saturated carbocycles. The monoisotopic (exact) mass is 308 g/mol. The van der Waals surface area contributed by atoms with E-state index >= 15 is 0 Å². The Bertz CT molecular complexity index is 760. The zero-order chi connectivity index (χ0) is 16.3. The van der Waals surface area contributed by atoms with Gasteiger partial charge in [0, 0.05) is 17.7 Å². The lowest BCUT2D eigenvalue weighted by molar-refractivity contribution is 0.0663. The van der Waals surface area contributed by atoms with E-state index in [-0.39, 0.29) is 21.7 Å². The van der Waals surface area contributed by atoms with Crippen LogP contribution < -0.4 is 5.56 Å². The summed E-state index contributed by atoms with van der Waals surface area (Å²) in [6.45, 7) is 0.806. The van der Waals surface area contributed by atoms with Crippen molar-refractivity contribution in [2.75, 3.05) is 0 Å². The largest absolute Gasteiger partial charge is 0.448 e. The summed E-state index contributed by atoms with van der Waals surface area (Å²) in [7, 11) is 0. The zero-order valence-corrected chi connectivity index (χ0v) is 12.0. The number of nitrogens with zero attached hydrogens (tertiary/aromatic N) is 2. The van der Waals surface area contributed by atoms with E-state index in [0.29, 0.717) is 5.89 Å². The van der Waals surface area contributed by atoms with Gasteiger partial charge in [0.25, 0.3) is 5.56 Å². The molecule has 0 bridgehead atoms. The molecule has 2 heterocycles. The van der Waals surface area contributed by atoms with E-state index in [4.69, 9.17) is 4.42 Å². The van der Waals surface area contributed by atoms with Crippen LogP contribution in [0.3, 0.4) is 0 Å². The van der Waals surface area contributed by atoms with E-state index in [1.807, 2.05) is 13.8 Å². The number of hydrogen-bond donors (Lipinski definition) is 0. The van der Waals surface area contributed by atoms with Crippen LogP contribution in [-0.4, -0.2) is 15.3 Å². The van der Waals surface area contributed by atoms with Crippen LogP contribution in [0.4, 0.5) is 8.78 Å². The van der Waals surface area contributed by atoms with Crippen LogP contribution in [-0.2, 0) is 0 Å². The molecule has 116 valence electrons. The zero-order valence-electron chi connectivity index (χ0n) is 12.0. The summed E-state index contributed by atoms with van der Waals surface area (Å²) in [4.78, 5) is 27.7. The van der Waals surface area contributed by atoms with Gasteiger partial charge in [0.15, 0.2) is 5.89 Å². The maximum Gasteiger partial charge on any atom is 0.321 e. The Kier molecular flexibility index (Phi) is 4.65. The smallest absolute Gasteiger partial charge is 0.321 e. The molecule has 0 aliphatic heterocycles. The van der Waals surface area contributed by atoms with Crippen molar-refractivity contribution in [3.63, 3.8) is 0 Å². The topological polar surface area (TPSA) is 65.1 Å². The lowest BCUT2D eigenvalue weighted by Gasteiger charge is -2.03. The molecule has 0 fully saturated rings. The highest BCUT2D eigenvalue weighted by Gasteiger charge is 2.13. The second-order valence-corrected chi connectivity index (χ2v) is 4.88. The van der Waals surface area contributed by atoms with Crippen molar-refractivity contribution >= 4 is 11.9 Å². The molecule has 0 spiro atoms. The van der Waals surface area contributed by atoms with Gasteiger partial charge in [0.2, 0.25) is 5.78 Å². The molecule has 2 rings (SSSR count). The van der Waals surface area contributed by atoms with Gasteiger partial charge in [-0.1, -0.05) is 13.8 Å². The number of hydrogen-bond acceptors (Lipinski definition) is 4. The van der Waals surface area contributed by atoms with Crippen molar-refractivity contribution in [2.24, 2.45) is 0 Å². The first-order valence-electron chi connectivity index (χ1n) is 6.57. The molecule has 0 atom stereocenters. The second kappa shape index (κ2) is 6.46. The number of carbonyl (C=O) groups is 1. The average molecular weight is 308 g/mol. The summed E-state index contributed by atoms with van der Waals surface area (Å²) in [6, 6.07) is 2.66. The molecule has 2 aromatic rings. The maximum atomic E-state index is 12.6. The van der Waals surface area contributed by atoms with Crippen molar-refractivity contribution < 1.29 is 18.0 Å². The summed E-state index contributed by atoms with van der Waals surface area (Å²) in [5.74, 6) is -0.00286. The number of allylic oxidation sites excluding steroid dienone is 1. The van der Waals surface area contributed by atoms with Crippen molar-refractivity contribution in [3.8, 4) is 0 Å². The van der Waals surface area contributed by atoms with E-state index in [9.17, 15) is 18.4 Å². The van der Waals surface area contributed by atoms with E-state index in [1.54, 1.807) is 0 Å². The number of halogens is 2. The highest BCUT2D eigenvalue weighted by molar-refractivity contribution is 6.05. The van der Waals surface area contributed by atoms with Gasteiger partial charge in [-0.3, -0.25) is 14.2 Å². The Morgan fingerprint density at radius 3 is 2.73 bits per heavy atom. The van der Waals surface area contributed by atoms with Crippen molar-refractivity contribution in [1.29, 1.82) is 0 Å². The summed E-state index contributed by atoms with van der Waals surface area (Å²) in [5, 5.41) is 0. The first-order chi connectivity index (χ1) is 10.4. The molecule has 0 unspecified atom stereocenters. The molecule has 5 nitrogen and oxygen atoms in total. The molecule has 0 aromatic carbocycles. The third-order valence-electron chi connectivity index (χ3n) is 2.90. The molecule has 22 heavy (non-hydrogen) atoms. The Hall–Kier alpha value is -2.57. The van der Waals surface area contributed by atoms with E-state index < -0.39 is 17.9 Å². The molecular weight excluding hydrogens is 294 g/mol. The van der Waals surface area contributed by atoms with Gasteiger partial charge in [0.1, 0.15) is 12.0 Å². The standard InChI is InChI=1S/C15H14F2N2O3/c1-9(2)13-18-11(8-22-13)12(20)6-5-10-4-3-7-19(14(10)21)15(16)17/h3-9,15H,1-2H3. The van der Waals surface area contributed by atoms with Crippen molar-refractivity contribution in [3.05, 3.63) is 58.2 Å². The van der Waals surface area contributed by atoms with Crippen LogP contribution in [0.15, 0.2) is 39.9 Å². The Morgan fingerprint density at radius 2 is 2.14 bits per heavy atom. The van der Waals surface area contributed by atoms with Gasteiger partial charge in [-0.05, 0) is 24.3 Å². The molecule has 0 aliphatic rings. The third kappa shape index (κ3) is 3.36. The first-order valence-corrected chi connectivity index (χ1v) is 6.57. The third-order valence-corrected chi connectivity index (χ3v) is 2.90. The predicted octanol–water partition coefficient (Wildman–Crippen LogP) is 3.25. The molecule has 7 heteroatoms. The lowest BCUT2D eigenvalue weighted by atomic mass is 10.2. The average Bonchev–Trinajstić information content (AvgIpc) is 2.95. The quantitative estimate of drug-likeness (QED) is 0.628. The van der Waals surface area contributed by atoms with Crippen molar-refractivity contribution in [2.45, 2.75) is 26.3 Å². The molecule has 2 aromatic heterocycles. The van der Waals surface area contributed by atoms with E-state index in [2.05, 4.69) is 4.98 Å². The molecular formula is C15H14F2N2O3. The predicted molar refractivity (Wildman–Crippen MR) is 75.9 cm³/mol. The summed E-state index contributed by atoms with van der Waals surface area (Å²) < 4.78 is 30.6. The molecule has 0 saturated heterocycles. The van der Waals surface area contributed by atoms with Gasteiger partial charge >= 0.3 is 6.55 Å². The Balaban J connectivity index is 2.23. The summed E-state index contributed by atoms with van der Waals surface area (Å²) in [5.41, 5.74) is -0.779. The fourth-order valence-electron chi connectivity index (χ4n) is 1.72. The van der Waals surface area contributed by atoms with E-state index in [1.165, 1.54) is 24.5 Å². The molecule has 0 N–H and O–H groups in total. The summed E-state index contributed by atoms with van der Waals surface area (Å²) in [6.07, 6.45) is 4.50. The van der Waals surface area contributed by atoms with Gasteiger partial charge in [-0.15, -0.1) is 0 Å². The van der Waals surface area contributed by atoms with Crippen LogP contribution in [0, 0.1) is 0 Å². The highest BCUT2D eigenvalue weighted by atomic mass is 19.3. The number of carbonyl (C=O) groups excluding carboxylic acids is 1. The van der Waals surface area contributed by atoms with Crippen LogP contribution >= 0.6 is 0 Å². The van der Waals surface area contributed by atoms with Gasteiger partial charge in [-0.2, -0.15) is 8.78 Å². The SMILES string of the molecule is CC(C)c1nc(C(=O)C=Cc2cccn(C(F)F)c2=O)co1. The molecule has 0 radical (unpaired) electrons. The number of oxazole rings is 1. The minimum absolute atomic E-state index is 0.0104. The van der Waals surface area contributed by atoms with Crippen LogP contribution in [0.1, 0.15) is 48.3 Å². The minimum Gasteiger partial charge on any atom is -0.448 e. The van der Waals surface area contributed by atoms with Crippen molar-refractivity contribution in [1.82, 2.24) is 9.55 Å². The number of pyridine rings is 1. The van der Waals surface area contributed by atoms with Gasteiger partial charge < -0.3 is 4.42 Å². The maximum absolute atomic E-state index is 12.6. The second-order valence-electron chi connectivity index (χ2n) is 4.88. The molecule has 0 aliphatic carbocycles. The fourth-order valence-corrected chi connectivity index (χ4v) is 1.72. The van der Waals surface area contributed by atoms with E-state index in [0.717, 1.165) is 12.3 Å². The first kappa shape index (κ1) is 15.8. The lowest BCUT2D eigenvalue weighted by Crippen LogP contribution is -2.21. The minimum atomic E-state index is -2.93. The van der Waals surface area contributed by atoms with Gasteiger partial charge in [-0.25, -0.2) is 4.98 Å². The number of rotatable bonds is 5. The van der Waals surface area contributed by atoms with Crippen LogP contribution in [0.2, 0.25) is 0 Å². The molecule has 0 amide bonds. The summed E-state index contributed by atoms with van der Waals surface area (Å²) >= 11 is 0. The van der Waals surface area contributed by atoms with Crippen LogP contribution in [0.5, 0.6) is 0 Å². The van der Waals surface area contributed by atoms with Gasteiger partial charge in [0.05, 0.1) is 0 Å². The highest BCUT2D eigenvalue weighted by Crippen LogP contribution is 2.14. The fraction of sp³-hybridized carbons (Fsp3) is 0.267. The number of ketones is 1.